The normalized spacial score (nSPS) is 16.3. The summed E-state index contributed by atoms with van der Waals surface area (Å²) >= 11 is 0. The summed E-state index contributed by atoms with van der Waals surface area (Å²) in [6.45, 7) is 0. The second-order valence-corrected chi connectivity index (χ2v) is 5.75. The lowest BCUT2D eigenvalue weighted by molar-refractivity contribution is 0.0826. The first-order valence-corrected chi connectivity index (χ1v) is 7.11. The van der Waals surface area contributed by atoms with Crippen LogP contribution in [0.2, 0.25) is 0 Å². The van der Waals surface area contributed by atoms with Gasteiger partial charge >= 0.3 is 0 Å². The molecule has 104 valence electrons. The fourth-order valence-corrected chi connectivity index (χ4v) is 2.90. The fourth-order valence-electron chi connectivity index (χ4n) is 2.90. The fraction of sp³-hybridized carbons (Fsp3) is 0.562. The molecule has 1 saturated carbocycles. The molecule has 1 fully saturated rings. The third-order valence-electron chi connectivity index (χ3n) is 3.96. The number of phenolic OH excluding ortho intramolecular Hbond substituents is 1. The van der Waals surface area contributed by atoms with Crippen molar-refractivity contribution in [2.75, 3.05) is 14.1 Å². The van der Waals surface area contributed by atoms with Gasteiger partial charge in [-0.25, -0.2) is 0 Å². The summed E-state index contributed by atoms with van der Waals surface area (Å²) in [6.07, 6.45) is 7.31. The molecule has 0 bridgehead atoms. The highest BCUT2D eigenvalue weighted by Gasteiger charge is 2.19. The smallest absolute Gasteiger partial charge is 0.253 e. The molecule has 2 rings (SSSR count). The number of amides is 1. The van der Waals surface area contributed by atoms with E-state index in [9.17, 15) is 9.90 Å². The number of carbonyl (C=O) groups excluding carboxylic acids is 1. The van der Waals surface area contributed by atoms with Crippen LogP contribution < -0.4 is 0 Å². The average Bonchev–Trinajstić information content (AvgIpc) is 2.39. The van der Waals surface area contributed by atoms with Crippen LogP contribution in [0.1, 0.15) is 48.0 Å². The minimum atomic E-state index is 0.0193. The van der Waals surface area contributed by atoms with E-state index in [0.29, 0.717) is 5.92 Å². The molecule has 3 heteroatoms. The molecule has 0 aliphatic heterocycles. The second-order valence-electron chi connectivity index (χ2n) is 5.75. The Kier molecular flexibility index (Phi) is 4.46. The number of nitrogens with zero attached hydrogens (tertiary/aromatic N) is 1. The summed E-state index contributed by atoms with van der Waals surface area (Å²) in [7, 11) is 3.53. The molecule has 0 radical (unpaired) electrons. The maximum Gasteiger partial charge on any atom is 0.253 e. The Morgan fingerprint density at radius 1 is 1.26 bits per heavy atom. The topological polar surface area (TPSA) is 40.5 Å². The van der Waals surface area contributed by atoms with Crippen LogP contribution >= 0.6 is 0 Å². The molecule has 1 aromatic carbocycles. The Balaban J connectivity index is 2.21. The van der Waals surface area contributed by atoms with Gasteiger partial charge in [0.2, 0.25) is 0 Å². The SMILES string of the molecule is CN(C)C(=O)c1ccc(O)cc1CC1CCCCC1. The standard InChI is InChI=1S/C16H23NO2/c1-17(2)16(19)15-9-8-14(18)11-13(15)10-12-6-4-3-5-7-12/h8-9,11-12,18H,3-7,10H2,1-2H3. The molecule has 1 aliphatic rings. The lowest BCUT2D eigenvalue weighted by atomic mass is 9.83. The molecule has 1 N–H and O–H groups in total. The maximum atomic E-state index is 12.2. The number of hydrogen-bond acceptors (Lipinski definition) is 2. The van der Waals surface area contributed by atoms with Crippen LogP contribution in [0.25, 0.3) is 0 Å². The van der Waals surface area contributed by atoms with E-state index in [1.54, 1.807) is 37.2 Å². The molecule has 0 saturated heterocycles. The molecule has 0 heterocycles. The molecular weight excluding hydrogens is 238 g/mol. The van der Waals surface area contributed by atoms with Crippen LogP contribution in [0.4, 0.5) is 0 Å². The van der Waals surface area contributed by atoms with E-state index in [2.05, 4.69) is 0 Å². The minimum absolute atomic E-state index is 0.0193. The second kappa shape index (κ2) is 6.09. The first-order valence-electron chi connectivity index (χ1n) is 7.11. The van der Waals surface area contributed by atoms with Crippen LogP contribution in [0.3, 0.4) is 0 Å². The summed E-state index contributed by atoms with van der Waals surface area (Å²) in [4.78, 5) is 13.8. The van der Waals surface area contributed by atoms with Crippen molar-refractivity contribution in [2.45, 2.75) is 38.5 Å². The number of hydrogen-bond donors (Lipinski definition) is 1. The van der Waals surface area contributed by atoms with Gasteiger partial charge in [-0.15, -0.1) is 0 Å². The van der Waals surface area contributed by atoms with Gasteiger partial charge in [-0.3, -0.25) is 4.79 Å². The average molecular weight is 261 g/mol. The molecule has 19 heavy (non-hydrogen) atoms. The summed E-state index contributed by atoms with van der Waals surface area (Å²) in [5.41, 5.74) is 1.72. The molecule has 3 nitrogen and oxygen atoms in total. The molecular formula is C16H23NO2. The number of rotatable bonds is 3. The van der Waals surface area contributed by atoms with Crippen molar-refractivity contribution < 1.29 is 9.90 Å². The van der Waals surface area contributed by atoms with Gasteiger partial charge in [0.1, 0.15) is 5.75 Å². The van der Waals surface area contributed by atoms with Gasteiger partial charge in [-0.05, 0) is 36.1 Å². The molecule has 1 aliphatic carbocycles. The Morgan fingerprint density at radius 3 is 2.58 bits per heavy atom. The Labute approximate surface area is 115 Å². The van der Waals surface area contributed by atoms with Crippen LogP contribution in [0.5, 0.6) is 5.75 Å². The highest BCUT2D eigenvalue weighted by molar-refractivity contribution is 5.95. The van der Waals surface area contributed by atoms with Crippen LogP contribution in [-0.2, 0) is 6.42 Å². The largest absolute Gasteiger partial charge is 0.508 e. The lowest BCUT2D eigenvalue weighted by Crippen LogP contribution is -2.23. The van der Waals surface area contributed by atoms with E-state index in [1.807, 2.05) is 0 Å². The van der Waals surface area contributed by atoms with E-state index in [1.165, 1.54) is 32.1 Å². The van der Waals surface area contributed by atoms with Gasteiger partial charge in [0.15, 0.2) is 0 Å². The summed E-state index contributed by atoms with van der Waals surface area (Å²) < 4.78 is 0. The van der Waals surface area contributed by atoms with Crippen molar-refractivity contribution in [2.24, 2.45) is 5.92 Å². The first-order chi connectivity index (χ1) is 9.08. The van der Waals surface area contributed by atoms with Gasteiger partial charge in [0.05, 0.1) is 0 Å². The van der Waals surface area contributed by atoms with Gasteiger partial charge in [0.25, 0.3) is 5.91 Å². The molecule has 1 amide bonds. The summed E-state index contributed by atoms with van der Waals surface area (Å²) in [5.74, 6) is 0.927. The zero-order valence-electron chi connectivity index (χ0n) is 11.9. The Morgan fingerprint density at radius 2 is 1.95 bits per heavy atom. The maximum absolute atomic E-state index is 12.2. The molecule has 0 aromatic heterocycles. The highest BCUT2D eigenvalue weighted by atomic mass is 16.3. The van der Waals surface area contributed by atoms with Crippen molar-refractivity contribution in [3.8, 4) is 5.75 Å². The molecule has 0 spiro atoms. The van der Waals surface area contributed by atoms with Crippen molar-refractivity contribution in [1.29, 1.82) is 0 Å². The lowest BCUT2D eigenvalue weighted by Gasteiger charge is -2.23. The zero-order valence-corrected chi connectivity index (χ0v) is 11.9. The third kappa shape index (κ3) is 3.49. The third-order valence-corrected chi connectivity index (χ3v) is 3.96. The Hall–Kier alpha value is -1.51. The van der Waals surface area contributed by atoms with Gasteiger partial charge in [-0.1, -0.05) is 32.1 Å². The molecule has 0 atom stereocenters. The van der Waals surface area contributed by atoms with Gasteiger partial charge in [0, 0.05) is 19.7 Å². The van der Waals surface area contributed by atoms with E-state index in [0.717, 1.165) is 17.5 Å². The van der Waals surface area contributed by atoms with Crippen molar-refractivity contribution in [1.82, 2.24) is 4.90 Å². The number of aromatic hydroxyl groups is 1. The van der Waals surface area contributed by atoms with E-state index in [-0.39, 0.29) is 11.7 Å². The van der Waals surface area contributed by atoms with E-state index < -0.39 is 0 Å². The van der Waals surface area contributed by atoms with Gasteiger partial charge < -0.3 is 10.0 Å². The van der Waals surface area contributed by atoms with Crippen molar-refractivity contribution in [3.05, 3.63) is 29.3 Å². The van der Waals surface area contributed by atoms with E-state index >= 15 is 0 Å². The number of carbonyl (C=O) groups is 1. The summed E-state index contributed by atoms with van der Waals surface area (Å²) in [5, 5.41) is 9.66. The van der Waals surface area contributed by atoms with Crippen molar-refractivity contribution >= 4 is 5.91 Å². The first kappa shape index (κ1) is 13.9. The van der Waals surface area contributed by atoms with Crippen LogP contribution in [0, 0.1) is 5.92 Å². The summed E-state index contributed by atoms with van der Waals surface area (Å²) in [6, 6.07) is 5.10. The van der Waals surface area contributed by atoms with Gasteiger partial charge in [-0.2, -0.15) is 0 Å². The quantitative estimate of drug-likeness (QED) is 0.907. The van der Waals surface area contributed by atoms with Crippen molar-refractivity contribution in [3.63, 3.8) is 0 Å². The van der Waals surface area contributed by atoms with E-state index in [4.69, 9.17) is 0 Å². The highest BCUT2D eigenvalue weighted by Crippen LogP contribution is 2.29. The monoisotopic (exact) mass is 261 g/mol. The van der Waals surface area contributed by atoms with Crippen LogP contribution in [0.15, 0.2) is 18.2 Å². The number of benzene rings is 1. The Bertz CT molecular complexity index is 448. The minimum Gasteiger partial charge on any atom is -0.508 e. The number of phenols is 1. The van der Waals surface area contributed by atoms with Crippen LogP contribution in [-0.4, -0.2) is 30.0 Å². The molecule has 1 aromatic rings. The predicted molar refractivity (Wildman–Crippen MR) is 76.4 cm³/mol. The molecule has 0 unspecified atom stereocenters. The zero-order chi connectivity index (χ0) is 13.8. The predicted octanol–water partition coefficient (Wildman–Crippen LogP) is 3.22.